The number of hydrogen-bond donors (Lipinski definition) is 1. The van der Waals surface area contributed by atoms with Crippen LogP contribution in [0.5, 0.6) is 17.2 Å². The molecule has 0 amide bonds. The molecule has 0 radical (unpaired) electrons. The summed E-state index contributed by atoms with van der Waals surface area (Å²) in [7, 11) is 1.52. The number of pyridine rings is 1. The van der Waals surface area contributed by atoms with Crippen molar-refractivity contribution in [1.29, 1.82) is 0 Å². The fraction of sp³-hybridized carbons (Fsp3) is 0.125. The molecule has 154 valence electrons. The summed E-state index contributed by atoms with van der Waals surface area (Å²) in [6.07, 6.45) is 4.71. The molecule has 0 fully saturated rings. The van der Waals surface area contributed by atoms with E-state index in [4.69, 9.17) is 13.9 Å². The lowest BCUT2D eigenvalue weighted by molar-refractivity contribution is -0.135. The van der Waals surface area contributed by atoms with Crippen molar-refractivity contribution in [3.05, 3.63) is 82.5 Å². The molecule has 1 N–H and O–H groups in total. The minimum atomic E-state index is -0.437. The van der Waals surface area contributed by atoms with Gasteiger partial charge in [-0.05, 0) is 17.7 Å². The van der Waals surface area contributed by atoms with E-state index < -0.39 is 17.3 Å². The van der Waals surface area contributed by atoms with E-state index in [0.717, 1.165) is 5.56 Å². The second-order valence-corrected chi connectivity index (χ2v) is 7.21. The maximum atomic E-state index is 13.4. The highest BCUT2D eigenvalue weighted by molar-refractivity contribution is 5.94. The number of benzene rings is 2. The molecule has 7 heteroatoms. The lowest BCUT2D eigenvalue weighted by Crippen LogP contribution is -2.22. The fourth-order valence-electron chi connectivity index (χ4n) is 4.05. The van der Waals surface area contributed by atoms with Gasteiger partial charge in [-0.3, -0.25) is 14.6 Å². The highest BCUT2D eigenvalue weighted by atomic mass is 16.5. The molecule has 1 atom stereocenters. The van der Waals surface area contributed by atoms with Crippen LogP contribution >= 0.6 is 0 Å². The van der Waals surface area contributed by atoms with Gasteiger partial charge in [-0.25, -0.2) is 0 Å². The second kappa shape index (κ2) is 7.28. The Balaban J connectivity index is 1.80. The van der Waals surface area contributed by atoms with Crippen LogP contribution in [0.2, 0.25) is 0 Å². The van der Waals surface area contributed by atoms with Crippen molar-refractivity contribution in [3.8, 4) is 28.4 Å². The number of aromatic hydroxyl groups is 1. The van der Waals surface area contributed by atoms with Gasteiger partial charge >= 0.3 is 5.97 Å². The van der Waals surface area contributed by atoms with Gasteiger partial charge in [0.1, 0.15) is 34.5 Å². The van der Waals surface area contributed by atoms with Crippen molar-refractivity contribution in [1.82, 2.24) is 4.98 Å². The highest BCUT2D eigenvalue weighted by Gasteiger charge is 2.33. The molecule has 0 saturated carbocycles. The average molecular weight is 415 g/mol. The van der Waals surface area contributed by atoms with E-state index in [-0.39, 0.29) is 34.5 Å². The molecular weight excluding hydrogens is 398 g/mol. The molecular formula is C24H17NO6. The zero-order valence-electron chi connectivity index (χ0n) is 16.5. The topological polar surface area (TPSA) is 98.9 Å². The summed E-state index contributed by atoms with van der Waals surface area (Å²) in [5.41, 5.74) is 1.89. The number of rotatable bonds is 3. The Morgan fingerprint density at radius 2 is 1.97 bits per heavy atom. The molecule has 2 aromatic heterocycles. The van der Waals surface area contributed by atoms with Crippen LogP contribution in [0, 0.1) is 0 Å². The van der Waals surface area contributed by atoms with Crippen LogP contribution in [0.25, 0.3) is 22.1 Å². The van der Waals surface area contributed by atoms with Gasteiger partial charge in [0, 0.05) is 35.5 Å². The number of ether oxygens (including phenoxy) is 2. The highest BCUT2D eigenvalue weighted by Crippen LogP contribution is 2.45. The van der Waals surface area contributed by atoms with E-state index in [2.05, 4.69) is 4.98 Å². The molecule has 0 spiro atoms. The van der Waals surface area contributed by atoms with Crippen LogP contribution in [0.1, 0.15) is 23.5 Å². The molecule has 0 bridgehead atoms. The molecule has 0 unspecified atom stereocenters. The van der Waals surface area contributed by atoms with Gasteiger partial charge in [-0.1, -0.05) is 24.3 Å². The third-order valence-electron chi connectivity index (χ3n) is 5.45. The van der Waals surface area contributed by atoms with Crippen LogP contribution in [0.3, 0.4) is 0 Å². The van der Waals surface area contributed by atoms with Gasteiger partial charge < -0.3 is 19.0 Å². The summed E-state index contributed by atoms with van der Waals surface area (Å²) in [5.74, 6) is -0.502. The Labute approximate surface area is 176 Å². The van der Waals surface area contributed by atoms with Crippen LogP contribution in [-0.2, 0) is 4.79 Å². The number of carbonyl (C=O) groups is 1. The average Bonchev–Trinajstić information content (AvgIpc) is 2.79. The smallest absolute Gasteiger partial charge is 0.312 e. The first-order valence-corrected chi connectivity index (χ1v) is 9.64. The minimum absolute atomic E-state index is 0.0222. The molecule has 4 aromatic rings. The summed E-state index contributed by atoms with van der Waals surface area (Å²) in [6, 6.07) is 12.0. The zero-order chi connectivity index (χ0) is 21.5. The maximum Gasteiger partial charge on any atom is 0.312 e. The number of esters is 1. The number of methoxy groups -OCH3 is 1. The molecule has 31 heavy (non-hydrogen) atoms. The van der Waals surface area contributed by atoms with Gasteiger partial charge in [-0.15, -0.1) is 0 Å². The van der Waals surface area contributed by atoms with E-state index >= 15 is 0 Å². The summed E-state index contributed by atoms with van der Waals surface area (Å²) in [5, 5.41) is 10.7. The van der Waals surface area contributed by atoms with Crippen molar-refractivity contribution in [2.45, 2.75) is 12.3 Å². The molecule has 7 nitrogen and oxygen atoms in total. The standard InChI is InChI=1S/C24H17NO6/c1-29-18-7-3-2-6-14(18)16-12-30-24-21-15(13-5-4-8-25-11-13)9-20(27)31-19(21)10-17(26)22(24)23(16)28/h2-8,10-12,15,26H,9H2,1H3/t15-/m1/s1. The summed E-state index contributed by atoms with van der Waals surface area (Å²) in [4.78, 5) is 29.8. The minimum Gasteiger partial charge on any atom is -0.507 e. The van der Waals surface area contributed by atoms with Crippen LogP contribution in [-0.4, -0.2) is 23.2 Å². The largest absolute Gasteiger partial charge is 0.507 e. The van der Waals surface area contributed by atoms with Crippen molar-refractivity contribution in [3.63, 3.8) is 0 Å². The van der Waals surface area contributed by atoms with Gasteiger partial charge in [0.2, 0.25) is 5.43 Å². The van der Waals surface area contributed by atoms with E-state index in [9.17, 15) is 14.7 Å². The van der Waals surface area contributed by atoms with Crippen molar-refractivity contribution < 1.29 is 23.8 Å². The van der Waals surface area contributed by atoms with Crippen molar-refractivity contribution in [2.24, 2.45) is 0 Å². The quantitative estimate of drug-likeness (QED) is 0.399. The number of phenolic OH excluding ortho intramolecular Hbond substituents is 1. The van der Waals surface area contributed by atoms with Crippen LogP contribution in [0.4, 0.5) is 0 Å². The number of hydrogen-bond acceptors (Lipinski definition) is 7. The zero-order valence-corrected chi connectivity index (χ0v) is 16.5. The number of nitrogens with zero attached hydrogens (tertiary/aromatic N) is 1. The summed E-state index contributed by atoms with van der Waals surface area (Å²) >= 11 is 0. The molecule has 0 saturated heterocycles. The first-order valence-electron chi connectivity index (χ1n) is 9.64. The SMILES string of the molecule is COc1ccccc1-c1coc2c3c(cc(O)c2c1=O)OC(=O)C[C@@H]3c1cccnc1. The van der Waals surface area contributed by atoms with Gasteiger partial charge in [0.05, 0.1) is 19.1 Å². The van der Waals surface area contributed by atoms with Crippen LogP contribution < -0.4 is 14.9 Å². The Morgan fingerprint density at radius 1 is 1.13 bits per heavy atom. The lowest BCUT2D eigenvalue weighted by atomic mass is 9.85. The number of para-hydroxylation sites is 1. The molecule has 3 heterocycles. The first-order chi connectivity index (χ1) is 15.1. The predicted octanol–water partition coefficient (Wildman–Crippen LogP) is 4.01. The molecule has 0 aliphatic carbocycles. The first kappa shape index (κ1) is 18.9. The number of aromatic nitrogens is 1. The Morgan fingerprint density at radius 3 is 2.74 bits per heavy atom. The Bertz CT molecular complexity index is 1380. The monoisotopic (exact) mass is 415 g/mol. The molecule has 5 rings (SSSR count). The van der Waals surface area contributed by atoms with E-state index in [1.807, 2.05) is 6.07 Å². The van der Waals surface area contributed by atoms with E-state index in [1.54, 1.807) is 42.7 Å². The molecule has 2 aromatic carbocycles. The fourth-order valence-corrected chi connectivity index (χ4v) is 4.05. The number of fused-ring (bicyclic) bond motifs is 3. The van der Waals surface area contributed by atoms with E-state index in [1.165, 1.54) is 19.4 Å². The van der Waals surface area contributed by atoms with Crippen molar-refractivity contribution in [2.75, 3.05) is 7.11 Å². The van der Waals surface area contributed by atoms with Gasteiger partial charge in [0.15, 0.2) is 0 Å². The van der Waals surface area contributed by atoms with Gasteiger partial charge in [0.25, 0.3) is 0 Å². The summed E-state index contributed by atoms with van der Waals surface area (Å²) in [6.45, 7) is 0. The Hall–Kier alpha value is -4.13. The van der Waals surface area contributed by atoms with Crippen LogP contribution in [0.15, 0.2) is 70.3 Å². The van der Waals surface area contributed by atoms with E-state index in [0.29, 0.717) is 16.9 Å². The molecule has 1 aliphatic rings. The second-order valence-electron chi connectivity index (χ2n) is 7.21. The van der Waals surface area contributed by atoms with Gasteiger partial charge in [-0.2, -0.15) is 0 Å². The Kier molecular flexibility index (Phi) is 4.43. The van der Waals surface area contributed by atoms with Crippen molar-refractivity contribution >= 4 is 16.9 Å². The summed E-state index contributed by atoms with van der Waals surface area (Å²) < 4.78 is 16.6. The maximum absolute atomic E-state index is 13.4. The number of phenols is 1. The normalized spacial score (nSPS) is 15.4. The third kappa shape index (κ3) is 3.02. The predicted molar refractivity (Wildman–Crippen MR) is 112 cm³/mol. The third-order valence-corrected chi connectivity index (χ3v) is 5.45. The lowest BCUT2D eigenvalue weighted by Gasteiger charge is -2.25. The number of carbonyl (C=O) groups excluding carboxylic acids is 1. The molecule has 1 aliphatic heterocycles.